The Morgan fingerprint density at radius 1 is 1.47 bits per heavy atom. The molecule has 0 bridgehead atoms. The van der Waals surface area contributed by atoms with E-state index >= 15 is 0 Å². The van der Waals surface area contributed by atoms with E-state index in [9.17, 15) is 8.42 Å². The number of rotatable bonds is 6. The molecule has 0 saturated carbocycles. The molecule has 102 valence electrons. The lowest BCUT2D eigenvalue weighted by atomic mass is 10.1. The van der Waals surface area contributed by atoms with Crippen molar-refractivity contribution in [2.45, 2.75) is 44.4 Å². The monoisotopic (exact) mass is 263 g/mol. The standard InChI is InChI=1S/C11H25N3O2S/c1-3-11(8-12)17(15,16)13-10-6-5-7-14(4-2)9-10/h10-11,13H,3-9,12H2,1-2H3. The van der Waals surface area contributed by atoms with Gasteiger partial charge in [0.15, 0.2) is 0 Å². The van der Waals surface area contributed by atoms with Gasteiger partial charge in [0.1, 0.15) is 0 Å². The van der Waals surface area contributed by atoms with E-state index in [-0.39, 0.29) is 12.6 Å². The van der Waals surface area contributed by atoms with Crippen LogP contribution in [0.1, 0.15) is 33.1 Å². The number of hydrogen-bond acceptors (Lipinski definition) is 4. The van der Waals surface area contributed by atoms with Gasteiger partial charge in [-0.3, -0.25) is 0 Å². The quantitative estimate of drug-likeness (QED) is 0.714. The van der Waals surface area contributed by atoms with Crippen LogP contribution < -0.4 is 10.5 Å². The molecule has 1 rings (SSSR count). The van der Waals surface area contributed by atoms with Crippen molar-refractivity contribution in [2.75, 3.05) is 26.2 Å². The van der Waals surface area contributed by atoms with Gasteiger partial charge in [0.2, 0.25) is 10.0 Å². The Balaban J connectivity index is 2.58. The zero-order valence-electron chi connectivity index (χ0n) is 10.9. The Labute approximate surface area is 105 Å². The number of piperidine rings is 1. The summed E-state index contributed by atoms with van der Waals surface area (Å²) < 4.78 is 26.9. The first-order chi connectivity index (χ1) is 8.03. The van der Waals surface area contributed by atoms with E-state index in [1.165, 1.54) is 0 Å². The van der Waals surface area contributed by atoms with Crippen LogP contribution >= 0.6 is 0 Å². The van der Waals surface area contributed by atoms with Crippen LogP contribution in [0.5, 0.6) is 0 Å². The van der Waals surface area contributed by atoms with Gasteiger partial charge < -0.3 is 10.6 Å². The maximum atomic E-state index is 12.0. The lowest BCUT2D eigenvalue weighted by Gasteiger charge is -2.32. The highest BCUT2D eigenvalue weighted by Gasteiger charge is 2.28. The summed E-state index contributed by atoms with van der Waals surface area (Å²) in [5.41, 5.74) is 5.50. The van der Waals surface area contributed by atoms with Crippen molar-refractivity contribution < 1.29 is 8.42 Å². The molecular weight excluding hydrogens is 238 g/mol. The van der Waals surface area contributed by atoms with Crippen LogP contribution in [0, 0.1) is 0 Å². The third-order valence-corrected chi connectivity index (χ3v) is 5.51. The number of sulfonamides is 1. The van der Waals surface area contributed by atoms with Gasteiger partial charge in [0.05, 0.1) is 5.25 Å². The van der Waals surface area contributed by atoms with Crippen molar-refractivity contribution in [3.8, 4) is 0 Å². The predicted octanol–water partition coefficient (Wildman–Crippen LogP) is 0.127. The third-order valence-electron chi connectivity index (χ3n) is 3.44. The second kappa shape index (κ2) is 6.68. The lowest BCUT2D eigenvalue weighted by molar-refractivity contribution is 0.211. The number of likely N-dealkylation sites (tertiary alicyclic amines) is 1. The number of likely N-dealkylation sites (N-methyl/N-ethyl adjacent to an activating group) is 1. The van der Waals surface area contributed by atoms with Gasteiger partial charge in [-0.15, -0.1) is 0 Å². The molecule has 0 aromatic heterocycles. The van der Waals surface area contributed by atoms with Crippen LogP contribution in [0.4, 0.5) is 0 Å². The molecule has 2 unspecified atom stereocenters. The Hall–Kier alpha value is -0.170. The van der Waals surface area contributed by atoms with Crippen LogP contribution in [0.25, 0.3) is 0 Å². The number of hydrogen-bond donors (Lipinski definition) is 2. The van der Waals surface area contributed by atoms with Crippen LogP contribution in [-0.2, 0) is 10.0 Å². The third kappa shape index (κ3) is 4.21. The number of nitrogens with one attached hydrogen (secondary N) is 1. The van der Waals surface area contributed by atoms with Crippen LogP contribution in [0.3, 0.4) is 0 Å². The van der Waals surface area contributed by atoms with Crippen molar-refractivity contribution >= 4 is 10.0 Å². The minimum absolute atomic E-state index is 0.0503. The Kier molecular flexibility index (Phi) is 5.85. The molecule has 1 fully saturated rings. The molecule has 0 aromatic carbocycles. The average Bonchev–Trinajstić information content (AvgIpc) is 2.29. The molecule has 1 aliphatic heterocycles. The van der Waals surface area contributed by atoms with Gasteiger partial charge in [0, 0.05) is 19.1 Å². The van der Waals surface area contributed by atoms with E-state index in [2.05, 4.69) is 16.5 Å². The van der Waals surface area contributed by atoms with Crippen molar-refractivity contribution in [1.29, 1.82) is 0 Å². The van der Waals surface area contributed by atoms with Crippen LogP contribution in [0.2, 0.25) is 0 Å². The molecule has 17 heavy (non-hydrogen) atoms. The first-order valence-electron chi connectivity index (χ1n) is 6.47. The molecule has 6 heteroatoms. The van der Waals surface area contributed by atoms with Gasteiger partial charge >= 0.3 is 0 Å². The van der Waals surface area contributed by atoms with E-state index in [4.69, 9.17) is 5.73 Å². The summed E-state index contributed by atoms with van der Waals surface area (Å²) in [6, 6.07) is 0.0503. The van der Waals surface area contributed by atoms with Crippen LogP contribution in [-0.4, -0.2) is 50.8 Å². The molecule has 3 N–H and O–H groups in total. The van der Waals surface area contributed by atoms with Crippen molar-refractivity contribution in [1.82, 2.24) is 9.62 Å². The number of nitrogens with zero attached hydrogens (tertiary/aromatic N) is 1. The zero-order chi connectivity index (χ0) is 12.9. The highest BCUT2D eigenvalue weighted by molar-refractivity contribution is 7.90. The fraction of sp³-hybridized carbons (Fsp3) is 1.00. The minimum atomic E-state index is -3.26. The average molecular weight is 263 g/mol. The summed E-state index contributed by atoms with van der Waals surface area (Å²) in [6.45, 7) is 7.02. The molecule has 2 atom stereocenters. The van der Waals surface area contributed by atoms with E-state index < -0.39 is 15.3 Å². The molecule has 0 radical (unpaired) electrons. The van der Waals surface area contributed by atoms with E-state index in [0.29, 0.717) is 6.42 Å². The summed E-state index contributed by atoms with van der Waals surface area (Å²) in [4.78, 5) is 2.28. The Morgan fingerprint density at radius 3 is 2.71 bits per heavy atom. The molecule has 1 saturated heterocycles. The van der Waals surface area contributed by atoms with E-state index in [1.54, 1.807) is 0 Å². The largest absolute Gasteiger partial charge is 0.329 e. The molecule has 0 amide bonds. The van der Waals surface area contributed by atoms with Gasteiger partial charge in [-0.05, 0) is 32.4 Å². The molecular formula is C11H25N3O2S. The SMILES string of the molecule is CCC(CN)S(=O)(=O)NC1CCCN(CC)C1. The lowest BCUT2D eigenvalue weighted by Crippen LogP contribution is -2.50. The van der Waals surface area contributed by atoms with Gasteiger partial charge in [-0.25, -0.2) is 13.1 Å². The van der Waals surface area contributed by atoms with Crippen molar-refractivity contribution in [2.24, 2.45) is 5.73 Å². The predicted molar refractivity (Wildman–Crippen MR) is 70.3 cm³/mol. The van der Waals surface area contributed by atoms with Gasteiger partial charge in [0.25, 0.3) is 0 Å². The second-order valence-electron chi connectivity index (χ2n) is 4.66. The minimum Gasteiger partial charge on any atom is -0.329 e. The summed E-state index contributed by atoms with van der Waals surface area (Å²) >= 11 is 0. The first kappa shape index (κ1) is 14.9. The highest BCUT2D eigenvalue weighted by Crippen LogP contribution is 2.12. The first-order valence-corrected chi connectivity index (χ1v) is 8.01. The molecule has 1 heterocycles. The second-order valence-corrected chi connectivity index (χ2v) is 6.65. The fourth-order valence-corrected chi connectivity index (χ4v) is 3.82. The van der Waals surface area contributed by atoms with Gasteiger partial charge in [-0.1, -0.05) is 13.8 Å². The number of nitrogens with two attached hydrogens (primary N) is 1. The topological polar surface area (TPSA) is 75.4 Å². The molecule has 0 aromatic rings. The molecule has 1 aliphatic rings. The van der Waals surface area contributed by atoms with E-state index in [0.717, 1.165) is 32.5 Å². The maximum Gasteiger partial charge on any atom is 0.216 e. The maximum absolute atomic E-state index is 12.0. The van der Waals surface area contributed by atoms with E-state index in [1.807, 2.05) is 6.92 Å². The Bertz CT molecular complexity index is 315. The van der Waals surface area contributed by atoms with Crippen LogP contribution in [0.15, 0.2) is 0 Å². The zero-order valence-corrected chi connectivity index (χ0v) is 11.7. The van der Waals surface area contributed by atoms with Crippen molar-refractivity contribution in [3.63, 3.8) is 0 Å². The summed E-state index contributed by atoms with van der Waals surface area (Å²) in [7, 11) is -3.26. The molecule has 0 aliphatic carbocycles. The summed E-state index contributed by atoms with van der Waals surface area (Å²) in [5, 5.41) is -0.459. The fourth-order valence-electron chi connectivity index (χ4n) is 2.28. The normalized spacial score (nSPS) is 24.8. The van der Waals surface area contributed by atoms with Gasteiger partial charge in [-0.2, -0.15) is 0 Å². The summed E-state index contributed by atoms with van der Waals surface area (Å²) in [5.74, 6) is 0. The Morgan fingerprint density at radius 2 is 2.18 bits per heavy atom. The highest BCUT2D eigenvalue weighted by atomic mass is 32.2. The smallest absolute Gasteiger partial charge is 0.216 e. The molecule has 0 spiro atoms. The van der Waals surface area contributed by atoms with Crippen molar-refractivity contribution in [3.05, 3.63) is 0 Å². The summed E-state index contributed by atoms with van der Waals surface area (Å²) in [6.07, 6.45) is 2.55. The molecule has 5 nitrogen and oxygen atoms in total.